The zero-order valence-corrected chi connectivity index (χ0v) is 11.4. The quantitative estimate of drug-likeness (QED) is 0.609. The van der Waals surface area contributed by atoms with Crippen molar-refractivity contribution in [2.75, 3.05) is 38.1 Å². The second-order valence-electron chi connectivity index (χ2n) is 5.72. The average Bonchev–Trinajstić information content (AvgIpc) is 3.26. The molecule has 0 radical (unpaired) electrons. The molecule has 3 rings (SSSR count). The maximum atomic E-state index is 5.32. The zero-order valence-electron chi connectivity index (χ0n) is 11.4. The van der Waals surface area contributed by atoms with Crippen LogP contribution in [0.15, 0.2) is 18.3 Å². The highest BCUT2D eigenvalue weighted by molar-refractivity contribution is 5.33. The van der Waals surface area contributed by atoms with Crippen LogP contribution in [0.4, 0.5) is 5.82 Å². The summed E-state index contributed by atoms with van der Waals surface area (Å²) in [6, 6.07) is 4.03. The molecular weight excluding hydrogens is 238 g/mol. The van der Waals surface area contributed by atoms with Crippen molar-refractivity contribution in [2.24, 2.45) is 11.8 Å². The molecule has 5 heteroatoms. The van der Waals surface area contributed by atoms with Crippen LogP contribution in [0.5, 0.6) is 0 Å². The maximum Gasteiger partial charge on any atom is 0.139 e. The van der Waals surface area contributed by atoms with E-state index in [-0.39, 0.29) is 0 Å². The minimum atomic E-state index is 0.720. The molecule has 0 unspecified atom stereocenters. The van der Waals surface area contributed by atoms with E-state index in [0.29, 0.717) is 0 Å². The standard InChI is InChI=1S/C14H23N5/c15-17-14-4-3-13(9-16-14)11-19-7-5-18(6-8-19)10-12-1-2-12/h3-4,9,12H,1-2,5-8,10-11,15H2,(H,16,17). The molecule has 1 saturated heterocycles. The number of nitrogens with zero attached hydrogens (tertiary/aromatic N) is 3. The van der Waals surface area contributed by atoms with Gasteiger partial charge in [0.2, 0.25) is 0 Å². The number of nitrogens with two attached hydrogens (primary N) is 1. The van der Waals surface area contributed by atoms with Gasteiger partial charge >= 0.3 is 0 Å². The number of pyridine rings is 1. The summed E-state index contributed by atoms with van der Waals surface area (Å²) in [5, 5.41) is 0. The first-order valence-corrected chi connectivity index (χ1v) is 7.20. The van der Waals surface area contributed by atoms with Crippen molar-refractivity contribution in [3.8, 4) is 0 Å². The summed E-state index contributed by atoms with van der Waals surface area (Å²) in [7, 11) is 0. The molecular formula is C14H23N5. The number of hydrogen-bond acceptors (Lipinski definition) is 5. The molecule has 1 saturated carbocycles. The molecule has 1 aromatic heterocycles. The SMILES string of the molecule is NNc1ccc(CN2CCN(CC3CC3)CC2)cn1. The van der Waals surface area contributed by atoms with Gasteiger partial charge in [0.25, 0.3) is 0 Å². The fraction of sp³-hybridized carbons (Fsp3) is 0.643. The van der Waals surface area contributed by atoms with E-state index in [1.54, 1.807) is 0 Å². The molecule has 0 aromatic carbocycles. The maximum absolute atomic E-state index is 5.32. The minimum absolute atomic E-state index is 0.720. The van der Waals surface area contributed by atoms with Crippen molar-refractivity contribution in [3.63, 3.8) is 0 Å². The van der Waals surface area contributed by atoms with E-state index >= 15 is 0 Å². The average molecular weight is 261 g/mol. The number of hydrogen-bond donors (Lipinski definition) is 2. The Balaban J connectivity index is 1.45. The number of hydrazine groups is 1. The lowest BCUT2D eigenvalue weighted by molar-refractivity contribution is 0.123. The van der Waals surface area contributed by atoms with E-state index in [0.717, 1.165) is 18.3 Å². The van der Waals surface area contributed by atoms with Gasteiger partial charge in [0.1, 0.15) is 5.82 Å². The minimum Gasteiger partial charge on any atom is -0.308 e. The normalized spacial score (nSPS) is 21.5. The highest BCUT2D eigenvalue weighted by Crippen LogP contribution is 2.29. The van der Waals surface area contributed by atoms with Gasteiger partial charge in [-0.1, -0.05) is 6.07 Å². The fourth-order valence-corrected chi connectivity index (χ4v) is 2.66. The van der Waals surface area contributed by atoms with Crippen LogP contribution >= 0.6 is 0 Å². The summed E-state index contributed by atoms with van der Waals surface area (Å²) in [5.41, 5.74) is 3.82. The van der Waals surface area contributed by atoms with E-state index in [1.165, 1.54) is 51.1 Å². The third-order valence-corrected chi connectivity index (χ3v) is 4.06. The van der Waals surface area contributed by atoms with E-state index in [2.05, 4.69) is 26.3 Å². The van der Waals surface area contributed by atoms with Crippen LogP contribution in [-0.4, -0.2) is 47.5 Å². The Bertz CT molecular complexity index is 393. The molecule has 104 valence electrons. The topological polar surface area (TPSA) is 57.4 Å². The van der Waals surface area contributed by atoms with Crippen LogP contribution in [0.3, 0.4) is 0 Å². The van der Waals surface area contributed by atoms with Crippen LogP contribution in [-0.2, 0) is 6.54 Å². The molecule has 1 aliphatic heterocycles. The first-order chi connectivity index (χ1) is 9.33. The predicted molar refractivity (Wildman–Crippen MR) is 76.5 cm³/mol. The van der Waals surface area contributed by atoms with E-state index < -0.39 is 0 Å². The molecule has 1 aliphatic carbocycles. The highest BCUT2D eigenvalue weighted by Gasteiger charge is 2.26. The van der Waals surface area contributed by atoms with E-state index in [9.17, 15) is 0 Å². The third kappa shape index (κ3) is 3.65. The molecule has 2 fully saturated rings. The van der Waals surface area contributed by atoms with Gasteiger partial charge < -0.3 is 10.3 Å². The van der Waals surface area contributed by atoms with Crippen molar-refractivity contribution >= 4 is 5.82 Å². The van der Waals surface area contributed by atoms with Gasteiger partial charge in [-0.2, -0.15) is 0 Å². The molecule has 0 amide bonds. The summed E-state index contributed by atoms with van der Waals surface area (Å²) < 4.78 is 0. The lowest BCUT2D eigenvalue weighted by Gasteiger charge is -2.34. The van der Waals surface area contributed by atoms with Crippen molar-refractivity contribution < 1.29 is 0 Å². The smallest absolute Gasteiger partial charge is 0.139 e. The van der Waals surface area contributed by atoms with Crippen LogP contribution in [0.1, 0.15) is 18.4 Å². The fourth-order valence-electron chi connectivity index (χ4n) is 2.66. The van der Waals surface area contributed by atoms with Gasteiger partial charge in [0.15, 0.2) is 0 Å². The van der Waals surface area contributed by atoms with Gasteiger partial charge in [0, 0.05) is 45.5 Å². The van der Waals surface area contributed by atoms with Crippen LogP contribution in [0.25, 0.3) is 0 Å². The zero-order chi connectivity index (χ0) is 13.1. The summed E-state index contributed by atoms with van der Waals surface area (Å²) in [6.07, 6.45) is 4.81. The summed E-state index contributed by atoms with van der Waals surface area (Å²) >= 11 is 0. The third-order valence-electron chi connectivity index (χ3n) is 4.06. The van der Waals surface area contributed by atoms with Crippen LogP contribution in [0.2, 0.25) is 0 Å². The van der Waals surface area contributed by atoms with Crippen molar-refractivity contribution in [2.45, 2.75) is 19.4 Å². The lowest BCUT2D eigenvalue weighted by atomic mass is 10.2. The molecule has 3 N–H and O–H groups in total. The lowest BCUT2D eigenvalue weighted by Crippen LogP contribution is -2.46. The molecule has 5 nitrogen and oxygen atoms in total. The molecule has 0 spiro atoms. The van der Waals surface area contributed by atoms with Crippen LogP contribution < -0.4 is 11.3 Å². The Morgan fingerprint density at radius 2 is 1.89 bits per heavy atom. The Kier molecular flexibility index (Phi) is 3.96. The summed E-state index contributed by atoms with van der Waals surface area (Å²) in [4.78, 5) is 9.38. The van der Waals surface area contributed by atoms with Crippen molar-refractivity contribution in [1.82, 2.24) is 14.8 Å². The molecule has 0 bridgehead atoms. The van der Waals surface area contributed by atoms with E-state index in [1.807, 2.05) is 12.3 Å². The Morgan fingerprint density at radius 1 is 1.16 bits per heavy atom. The number of nitrogens with one attached hydrogen (secondary N) is 1. The predicted octanol–water partition coefficient (Wildman–Crippen LogP) is 0.895. The Morgan fingerprint density at radius 3 is 2.47 bits per heavy atom. The molecule has 0 atom stereocenters. The molecule has 19 heavy (non-hydrogen) atoms. The van der Waals surface area contributed by atoms with Gasteiger partial charge in [-0.25, -0.2) is 10.8 Å². The van der Waals surface area contributed by atoms with Gasteiger partial charge in [-0.15, -0.1) is 0 Å². The van der Waals surface area contributed by atoms with Gasteiger partial charge in [0.05, 0.1) is 0 Å². The van der Waals surface area contributed by atoms with Gasteiger partial charge in [-0.3, -0.25) is 4.90 Å². The highest BCUT2D eigenvalue weighted by atomic mass is 15.3. The first-order valence-electron chi connectivity index (χ1n) is 7.20. The van der Waals surface area contributed by atoms with Crippen molar-refractivity contribution in [1.29, 1.82) is 0 Å². The second-order valence-corrected chi connectivity index (χ2v) is 5.72. The number of nitrogen functional groups attached to an aromatic ring is 1. The monoisotopic (exact) mass is 261 g/mol. The Hall–Kier alpha value is -1.17. The van der Waals surface area contributed by atoms with Gasteiger partial charge in [-0.05, 0) is 30.4 Å². The first kappa shape index (κ1) is 12.8. The molecule has 2 aliphatic rings. The van der Waals surface area contributed by atoms with E-state index in [4.69, 9.17) is 5.84 Å². The van der Waals surface area contributed by atoms with Crippen molar-refractivity contribution in [3.05, 3.63) is 23.9 Å². The number of aromatic nitrogens is 1. The summed E-state index contributed by atoms with van der Waals surface area (Å²) in [6.45, 7) is 7.09. The van der Waals surface area contributed by atoms with Crippen LogP contribution in [0, 0.1) is 5.92 Å². The molecule has 2 heterocycles. The summed E-state index contributed by atoms with van der Waals surface area (Å²) in [5.74, 6) is 7.04. The largest absolute Gasteiger partial charge is 0.308 e. The Labute approximate surface area is 114 Å². The number of piperazine rings is 1. The number of anilines is 1. The number of rotatable bonds is 5. The second kappa shape index (κ2) is 5.86. The molecule has 1 aromatic rings.